The zero-order valence-corrected chi connectivity index (χ0v) is 11.0. The second kappa shape index (κ2) is 5.31. The van der Waals surface area contributed by atoms with Crippen LogP contribution in [0.15, 0.2) is 24.3 Å². The van der Waals surface area contributed by atoms with Gasteiger partial charge in [0.1, 0.15) is 5.82 Å². The van der Waals surface area contributed by atoms with Gasteiger partial charge in [0.05, 0.1) is 12.2 Å². The third kappa shape index (κ3) is 2.29. The number of nitrogens with zero attached hydrogens (tertiary/aromatic N) is 2. The predicted octanol–water partition coefficient (Wildman–Crippen LogP) is 2.53. The fourth-order valence-corrected chi connectivity index (χ4v) is 2.19. The summed E-state index contributed by atoms with van der Waals surface area (Å²) >= 11 is 0. The molecule has 4 heteroatoms. The Morgan fingerprint density at radius 3 is 2.67 bits per heavy atom. The van der Waals surface area contributed by atoms with E-state index in [1.165, 1.54) is 6.07 Å². The standard InChI is InChI=1S/C14H18FN3/c1-10-14(12-6-4-5-7-13(12)15)11(2)18(17-10)9-8-16-3/h4-7,16H,8-9H2,1-3H3. The average Bonchev–Trinajstić information content (AvgIpc) is 2.63. The Bertz CT molecular complexity index is 546. The first-order valence-corrected chi connectivity index (χ1v) is 6.08. The number of rotatable bonds is 4. The molecule has 0 radical (unpaired) electrons. The van der Waals surface area contributed by atoms with Crippen molar-refractivity contribution in [3.63, 3.8) is 0 Å². The van der Waals surface area contributed by atoms with Crippen molar-refractivity contribution < 1.29 is 4.39 Å². The van der Waals surface area contributed by atoms with Gasteiger partial charge in [0.15, 0.2) is 0 Å². The van der Waals surface area contributed by atoms with Crippen LogP contribution >= 0.6 is 0 Å². The van der Waals surface area contributed by atoms with Gasteiger partial charge in [0, 0.05) is 23.4 Å². The van der Waals surface area contributed by atoms with E-state index in [0.717, 1.165) is 30.0 Å². The summed E-state index contributed by atoms with van der Waals surface area (Å²) in [5.41, 5.74) is 3.41. The average molecular weight is 247 g/mol. The topological polar surface area (TPSA) is 29.9 Å². The molecule has 0 fully saturated rings. The Kier molecular flexibility index (Phi) is 3.77. The highest BCUT2D eigenvalue weighted by Gasteiger charge is 2.15. The van der Waals surface area contributed by atoms with Crippen LogP contribution in [0.1, 0.15) is 11.4 Å². The normalized spacial score (nSPS) is 10.9. The molecule has 0 atom stereocenters. The highest BCUT2D eigenvalue weighted by molar-refractivity contribution is 5.68. The summed E-state index contributed by atoms with van der Waals surface area (Å²) in [5.74, 6) is -0.197. The SMILES string of the molecule is CNCCn1nc(C)c(-c2ccccc2F)c1C. The van der Waals surface area contributed by atoms with Crippen molar-refractivity contribution in [2.24, 2.45) is 0 Å². The second-order valence-corrected chi connectivity index (χ2v) is 4.35. The van der Waals surface area contributed by atoms with E-state index in [4.69, 9.17) is 0 Å². The van der Waals surface area contributed by atoms with Crippen LogP contribution in [0.3, 0.4) is 0 Å². The first-order valence-electron chi connectivity index (χ1n) is 6.08. The quantitative estimate of drug-likeness (QED) is 0.899. The predicted molar refractivity (Wildman–Crippen MR) is 71.0 cm³/mol. The molecule has 0 saturated carbocycles. The van der Waals surface area contributed by atoms with Crippen molar-refractivity contribution in [1.29, 1.82) is 0 Å². The molecule has 2 aromatic rings. The van der Waals surface area contributed by atoms with Crippen LogP contribution in [0, 0.1) is 19.7 Å². The molecule has 0 spiro atoms. The lowest BCUT2D eigenvalue weighted by Crippen LogP contribution is -2.16. The third-order valence-electron chi connectivity index (χ3n) is 3.10. The maximum absolute atomic E-state index is 13.8. The number of aromatic nitrogens is 2. The van der Waals surface area contributed by atoms with Crippen LogP contribution in [0.25, 0.3) is 11.1 Å². The second-order valence-electron chi connectivity index (χ2n) is 4.35. The lowest BCUT2D eigenvalue weighted by atomic mass is 10.0. The van der Waals surface area contributed by atoms with Gasteiger partial charge in [-0.15, -0.1) is 0 Å². The Hall–Kier alpha value is -1.68. The Balaban J connectivity index is 2.46. The van der Waals surface area contributed by atoms with Gasteiger partial charge in [0.25, 0.3) is 0 Å². The molecule has 0 saturated heterocycles. The van der Waals surface area contributed by atoms with Gasteiger partial charge in [-0.25, -0.2) is 4.39 Å². The lowest BCUT2D eigenvalue weighted by Gasteiger charge is -2.06. The Morgan fingerprint density at radius 1 is 1.28 bits per heavy atom. The summed E-state index contributed by atoms with van der Waals surface area (Å²) in [7, 11) is 1.91. The molecule has 2 rings (SSSR count). The van der Waals surface area contributed by atoms with Gasteiger partial charge in [-0.3, -0.25) is 4.68 Å². The Morgan fingerprint density at radius 2 is 2.00 bits per heavy atom. The summed E-state index contributed by atoms with van der Waals surface area (Å²) < 4.78 is 15.8. The first kappa shape index (κ1) is 12.8. The van der Waals surface area contributed by atoms with Crippen molar-refractivity contribution in [3.05, 3.63) is 41.5 Å². The minimum absolute atomic E-state index is 0.197. The van der Waals surface area contributed by atoms with E-state index >= 15 is 0 Å². The van der Waals surface area contributed by atoms with Gasteiger partial charge in [-0.1, -0.05) is 18.2 Å². The first-order chi connectivity index (χ1) is 8.65. The molecule has 0 aliphatic rings. The smallest absolute Gasteiger partial charge is 0.131 e. The monoisotopic (exact) mass is 247 g/mol. The van der Waals surface area contributed by atoms with Crippen LogP contribution in [0.4, 0.5) is 4.39 Å². The summed E-state index contributed by atoms with van der Waals surface area (Å²) in [5, 5.41) is 7.56. The molecular weight excluding hydrogens is 229 g/mol. The number of hydrogen-bond acceptors (Lipinski definition) is 2. The highest BCUT2D eigenvalue weighted by Crippen LogP contribution is 2.28. The zero-order chi connectivity index (χ0) is 13.1. The number of nitrogens with one attached hydrogen (secondary N) is 1. The van der Waals surface area contributed by atoms with Crippen LogP contribution in [-0.4, -0.2) is 23.4 Å². The minimum atomic E-state index is -0.197. The molecule has 1 aromatic carbocycles. The van der Waals surface area contributed by atoms with Gasteiger partial charge in [0.2, 0.25) is 0 Å². The maximum atomic E-state index is 13.8. The van der Waals surface area contributed by atoms with Gasteiger partial charge in [-0.05, 0) is 27.0 Å². The van der Waals surface area contributed by atoms with E-state index in [0.29, 0.717) is 5.56 Å². The summed E-state index contributed by atoms with van der Waals surface area (Å²) in [4.78, 5) is 0. The Labute approximate surface area is 107 Å². The molecule has 0 amide bonds. The zero-order valence-electron chi connectivity index (χ0n) is 11.0. The van der Waals surface area contributed by atoms with E-state index in [1.807, 2.05) is 31.6 Å². The molecule has 3 nitrogen and oxygen atoms in total. The van der Waals surface area contributed by atoms with Crippen LogP contribution in [0.5, 0.6) is 0 Å². The molecule has 0 aliphatic carbocycles. The summed E-state index contributed by atoms with van der Waals surface area (Å²) in [6.07, 6.45) is 0. The fourth-order valence-electron chi connectivity index (χ4n) is 2.19. The largest absolute Gasteiger partial charge is 0.318 e. The third-order valence-corrected chi connectivity index (χ3v) is 3.10. The molecule has 1 heterocycles. The molecule has 96 valence electrons. The van der Waals surface area contributed by atoms with Crippen molar-refractivity contribution in [1.82, 2.24) is 15.1 Å². The molecule has 1 aromatic heterocycles. The molecule has 0 unspecified atom stereocenters. The van der Waals surface area contributed by atoms with E-state index in [1.54, 1.807) is 12.1 Å². The van der Waals surface area contributed by atoms with Crippen molar-refractivity contribution >= 4 is 0 Å². The summed E-state index contributed by atoms with van der Waals surface area (Å²) in [6.45, 7) is 5.54. The van der Waals surface area contributed by atoms with Crippen LogP contribution in [-0.2, 0) is 6.54 Å². The summed E-state index contributed by atoms with van der Waals surface area (Å²) in [6, 6.07) is 6.84. The molecule has 0 bridgehead atoms. The van der Waals surface area contributed by atoms with Crippen molar-refractivity contribution in [3.8, 4) is 11.1 Å². The highest BCUT2D eigenvalue weighted by atomic mass is 19.1. The molecule has 0 aliphatic heterocycles. The van der Waals surface area contributed by atoms with Crippen molar-refractivity contribution in [2.45, 2.75) is 20.4 Å². The van der Waals surface area contributed by atoms with E-state index in [-0.39, 0.29) is 5.82 Å². The van der Waals surface area contributed by atoms with Crippen LogP contribution in [0.2, 0.25) is 0 Å². The molecular formula is C14H18FN3. The minimum Gasteiger partial charge on any atom is -0.318 e. The van der Waals surface area contributed by atoms with Gasteiger partial charge in [-0.2, -0.15) is 5.10 Å². The lowest BCUT2D eigenvalue weighted by molar-refractivity contribution is 0.568. The maximum Gasteiger partial charge on any atom is 0.131 e. The van der Waals surface area contributed by atoms with Gasteiger partial charge < -0.3 is 5.32 Å². The number of benzene rings is 1. The fraction of sp³-hybridized carbons (Fsp3) is 0.357. The number of aryl methyl sites for hydroxylation is 1. The molecule has 18 heavy (non-hydrogen) atoms. The number of hydrogen-bond donors (Lipinski definition) is 1. The number of likely N-dealkylation sites (N-methyl/N-ethyl adjacent to an activating group) is 1. The van der Waals surface area contributed by atoms with E-state index in [9.17, 15) is 4.39 Å². The van der Waals surface area contributed by atoms with Crippen LogP contribution < -0.4 is 5.32 Å². The molecule has 1 N–H and O–H groups in total. The van der Waals surface area contributed by atoms with E-state index in [2.05, 4.69) is 10.4 Å². The van der Waals surface area contributed by atoms with Crippen molar-refractivity contribution in [2.75, 3.05) is 13.6 Å². The van der Waals surface area contributed by atoms with Gasteiger partial charge >= 0.3 is 0 Å². The number of halogens is 1. The van der Waals surface area contributed by atoms with E-state index < -0.39 is 0 Å².